The van der Waals surface area contributed by atoms with Crippen molar-refractivity contribution in [1.29, 1.82) is 0 Å². The molecule has 1 aromatic heterocycles. The molecule has 2 heteroatoms. The van der Waals surface area contributed by atoms with Gasteiger partial charge in [-0.2, -0.15) is 0 Å². The first-order chi connectivity index (χ1) is 10.3. The Kier molecular flexibility index (Phi) is 3.19. The Hall–Kier alpha value is -1.81. The molecule has 0 aliphatic carbocycles. The molecule has 0 spiro atoms. The van der Waals surface area contributed by atoms with Crippen LogP contribution in [0.25, 0.3) is 21.9 Å². The van der Waals surface area contributed by atoms with Gasteiger partial charge in [0.1, 0.15) is 11.2 Å². The number of halogens is 1. The molecule has 0 saturated heterocycles. The predicted molar refractivity (Wildman–Crippen MR) is 95.7 cm³/mol. The third-order valence-electron chi connectivity index (χ3n) is 3.78. The topological polar surface area (TPSA) is 13.1 Å². The predicted octanol–water partition coefficient (Wildman–Crippen LogP) is 5.78. The van der Waals surface area contributed by atoms with Gasteiger partial charge in [-0.25, -0.2) is 0 Å². The summed E-state index contributed by atoms with van der Waals surface area (Å²) in [4.78, 5) is 0. The fourth-order valence-corrected chi connectivity index (χ4v) is 3.40. The van der Waals surface area contributed by atoms with Crippen LogP contribution in [-0.4, -0.2) is 0 Å². The Morgan fingerprint density at radius 1 is 0.762 bits per heavy atom. The summed E-state index contributed by atoms with van der Waals surface area (Å²) in [5, 5.41) is 2.39. The maximum atomic E-state index is 5.98. The third-order valence-corrected chi connectivity index (χ3v) is 4.79. The lowest BCUT2D eigenvalue weighted by Gasteiger charge is -2.05. The van der Waals surface area contributed by atoms with Gasteiger partial charge in [-0.1, -0.05) is 48.5 Å². The van der Waals surface area contributed by atoms with E-state index in [2.05, 4.69) is 77.2 Å². The average molecular weight is 384 g/mol. The average Bonchev–Trinajstić information content (AvgIpc) is 2.86. The van der Waals surface area contributed by atoms with Gasteiger partial charge in [-0.3, -0.25) is 0 Å². The fourth-order valence-electron chi connectivity index (χ4n) is 2.74. The molecule has 0 aliphatic rings. The minimum absolute atomic E-state index is 0.937. The lowest BCUT2D eigenvalue weighted by atomic mass is 10.0. The molecule has 1 nitrogen and oxygen atoms in total. The number of rotatable bonds is 2. The molecule has 0 radical (unpaired) electrons. The second-order valence-corrected chi connectivity index (χ2v) is 6.36. The zero-order valence-corrected chi connectivity index (χ0v) is 13.5. The lowest BCUT2D eigenvalue weighted by Crippen LogP contribution is -1.91. The van der Waals surface area contributed by atoms with Crippen LogP contribution in [0.3, 0.4) is 0 Å². The van der Waals surface area contributed by atoms with Gasteiger partial charge >= 0.3 is 0 Å². The largest absolute Gasteiger partial charge is 0.456 e. The molecule has 0 bridgehead atoms. The molecular formula is C19H13IO. The monoisotopic (exact) mass is 384 g/mol. The van der Waals surface area contributed by atoms with E-state index in [0.29, 0.717) is 0 Å². The van der Waals surface area contributed by atoms with E-state index in [9.17, 15) is 0 Å². The van der Waals surface area contributed by atoms with Crippen molar-refractivity contribution in [1.82, 2.24) is 0 Å². The zero-order chi connectivity index (χ0) is 14.2. The van der Waals surface area contributed by atoms with Crippen LogP contribution in [0.2, 0.25) is 0 Å². The molecule has 102 valence electrons. The highest BCUT2D eigenvalue weighted by Crippen LogP contribution is 2.32. The van der Waals surface area contributed by atoms with Crippen molar-refractivity contribution in [2.24, 2.45) is 0 Å². The van der Waals surface area contributed by atoms with Gasteiger partial charge in [-0.05, 0) is 58.3 Å². The second kappa shape index (κ2) is 5.19. The number of benzene rings is 3. The highest BCUT2D eigenvalue weighted by Gasteiger charge is 2.10. The lowest BCUT2D eigenvalue weighted by molar-refractivity contribution is 0.668. The third kappa shape index (κ3) is 2.33. The standard InChI is InChI=1S/C19H13IO/c20-17-12-16-15-8-4-5-9-18(15)21-19(16)11-14(17)10-13-6-2-1-3-7-13/h1-9,11-12H,10H2. The normalized spacial score (nSPS) is 11.3. The molecule has 0 N–H and O–H groups in total. The molecule has 4 rings (SSSR count). The summed E-state index contributed by atoms with van der Waals surface area (Å²) in [5.74, 6) is 0. The maximum absolute atomic E-state index is 5.98. The smallest absolute Gasteiger partial charge is 0.135 e. The summed E-state index contributed by atoms with van der Waals surface area (Å²) in [5.41, 5.74) is 4.57. The van der Waals surface area contributed by atoms with Crippen molar-refractivity contribution in [2.75, 3.05) is 0 Å². The number of hydrogen-bond donors (Lipinski definition) is 0. The Morgan fingerprint density at radius 3 is 2.38 bits per heavy atom. The van der Waals surface area contributed by atoms with Gasteiger partial charge in [-0.15, -0.1) is 0 Å². The van der Waals surface area contributed by atoms with E-state index >= 15 is 0 Å². The van der Waals surface area contributed by atoms with Crippen molar-refractivity contribution in [3.8, 4) is 0 Å². The van der Waals surface area contributed by atoms with Crippen molar-refractivity contribution >= 4 is 44.5 Å². The molecule has 0 amide bonds. The van der Waals surface area contributed by atoms with Gasteiger partial charge in [0, 0.05) is 14.3 Å². The molecular weight excluding hydrogens is 371 g/mol. The Bertz CT molecular complexity index is 922. The van der Waals surface area contributed by atoms with Gasteiger partial charge in [0.25, 0.3) is 0 Å². The van der Waals surface area contributed by atoms with Crippen molar-refractivity contribution in [3.05, 3.63) is 81.4 Å². The molecule has 0 saturated carbocycles. The second-order valence-electron chi connectivity index (χ2n) is 5.20. The van der Waals surface area contributed by atoms with E-state index in [4.69, 9.17) is 4.42 Å². The van der Waals surface area contributed by atoms with E-state index < -0.39 is 0 Å². The Labute approximate surface area is 136 Å². The van der Waals surface area contributed by atoms with E-state index in [1.165, 1.54) is 25.5 Å². The molecule has 0 unspecified atom stereocenters. The van der Waals surface area contributed by atoms with Crippen LogP contribution in [0.4, 0.5) is 0 Å². The zero-order valence-electron chi connectivity index (χ0n) is 11.3. The minimum atomic E-state index is 0.937. The van der Waals surface area contributed by atoms with Crippen molar-refractivity contribution in [2.45, 2.75) is 6.42 Å². The van der Waals surface area contributed by atoms with Crippen LogP contribution in [0.1, 0.15) is 11.1 Å². The number of para-hydroxylation sites is 1. The molecule has 0 atom stereocenters. The van der Waals surface area contributed by atoms with Crippen LogP contribution in [0.15, 0.2) is 71.1 Å². The van der Waals surface area contributed by atoms with Gasteiger partial charge in [0.2, 0.25) is 0 Å². The SMILES string of the molecule is Ic1cc2c(cc1Cc1ccccc1)oc1ccccc12. The van der Waals surface area contributed by atoms with Crippen LogP contribution in [0.5, 0.6) is 0 Å². The van der Waals surface area contributed by atoms with Crippen LogP contribution in [-0.2, 0) is 6.42 Å². The summed E-state index contributed by atoms with van der Waals surface area (Å²) >= 11 is 2.42. The van der Waals surface area contributed by atoms with Crippen molar-refractivity contribution in [3.63, 3.8) is 0 Å². The highest BCUT2D eigenvalue weighted by atomic mass is 127. The van der Waals surface area contributed by atoms with E-state index in [1.807, 2.05) is 12.1 Å². The molecule has 21 heavy (non-hydrogen) atoms. The van der Waals surface area contributed by atoms with Gasteiger partial charge < -0.3 is 4.42 Å². The quantitative estimate of drug-likeness (QED) is 0.399. The van der Waals surface area contributed by atoms with Gasteiger partial charge in [0.05, 0.1) is 0 Å². The molecule has 0 aliphatic heterocycles. The first kappa shape index (κ1) is 12.9. The Morgan fingerprint density at radius 2 is 1.52 bits per heavy atom. The number of hydrogen-bond acceptors (Lipinski definition) is 1. The summed E-state index contributed by atoms with van der Waals surface area (Å²) < 4.78 is 7.27. The van der Waals surface area contributed by atoms with Gasteiger partial charge in [0.15, 0.2) is 0 Å². The highest BCUT2D eigenvalue weighted by molar-refractivity contribution is 14.1. The van der Waals surface area contributed by atoms with E-state index in [1.54, 1.807) is 0 Å². The molecule has 1 heterocycles. The molecule has 4 aromatic rings. The van der Waals surface area contributed by atoms with E-state index in [0.717, 1.165) is 17.6 Å². The number of fused-ring (bicyclic) bond motifs is 3. The maximum Gasteiger partial charge on any atom is 0.135 e. The van der Waals surface area contributed by atoms with E-state index in [-0.39, 0.29) is 0 Å². The molecule has 0 fully saturated rings. The molecule has 3 aromatic carbocycles. The first-order valence-electron chi connectivity index (χ1n) is 6.95. The summed E-state index contributed by atoms with van der Waals surface area (Å²) in [6.07, 6.45) is 0.937. The fraction of sp³-hybridized carbons (Fsp3) is 0.0526. The number of furan rings is 1. The first-order valence-corrected chi connectivity index (χ1v) is 8.03. The van der Waals surface area contributed by atoms with Crippen LogP contribution >= 0.6 is 22.6 Å². The summed E-state index contributed by atoms with van der Waals surface area (Å²) in [7, 11) is 0. The van der Waals surface area contributed by atoms with Crippen LogP contribution in [0, 0.1) is 3.57 Å². The Balaban J connectivity index is 1.87. The minimum Gasteiger partial charge on any atom is -0.456 e. The van der Waals surface area contributed by atoms with Crippen LogP contribution < -0.4 is 0 Å². The summed E-state index contributed by atoms with van der Waals surface area (Å²) in [6, 6.07) is 23.2. The van der Waals surface area contributed by atoms with Crippen molar-refractivity contribution < 1.29 is 4.42 Å². The summed E-state index contributed by atoms with van der Waals surface area (Å²) in [6.45, 7) is 0.